The fraction of sp³-hybridized carbons (Fsp3) is 1.00. The molecular weight excluding hydrogens is 275 g/mol. The van der Waals surface area contributed by atoms with Gasteiger partial charge in [0.2, 0.25) is 0 Å². The molecule has 6 heteroatoms. The van der Waals surface area contributed by atoms with Gasteiger partial charge in [0.15, 0.2) is 0 Å². The molecule has 0 spiro atoms. The average molecular weight is 290 g/mol. The zero-order valence-electron chi connectivity index (χ0n) is 8.56. The van der Waals surface area contributed by atoms with Crippen molar-refractivity contribution in [2.24, 2.45) is 5.92 Å². The number of likely N-dealkylation sites (tertiary alicyclic amines) is 1. The van der Waals surface area contributed by atoms with Crippen LogP contribution in [0.25, 0.3) is 0 Å². The largest absolute Gasteiger partial charge is 0.522 e. The van der Waals surface area contributed by atoms with Crippen molar-refractivity contribution in [3.8, 4) is 0 Å². The van der Waals surface area contributed by atoms with Crippen molar-refractivity contribution >= 4 is 15.9 Å². The van der Waals surface area contributed by atoms with Gasteiger partial charge in [-0.1, -0.05) is 22.9 Å². The molecule has 0 aromatic carbocycles. The van der Waals surface area contributed by atoms with Crippen LogP contribution in [0.2, 0.25) is 0 Å². The number of ether oxygens (including phenoxy) is 1. The van der Waals surface area contributed by atoms with Crippen LogP contribution in [-0.2, 0) is 4.74 Å². The van der Waals surface area contributed by atoms with Crippen molar-refractivity contribution in [2.45, 2.75) is 24.5 Å². The van der Waals surface area contributed by atoms with Crippen molar-refractivity contribution in [2.75, 3.05) is 26.2 Å². The van der Waals surface area contributed by atoms with E-state index in [0.717, 1.165) is 19.5 Å². The lowest BCUT2D eigenvalue weighted by Gasteiger charge is -2.34. The van der Waals surface area contributed by atoms with Crippen LogP contribution in [0, 0.1) is 5.92 Å². The summed E-state index contributed by atoms with van der Waals surface area (Å²) in [5, 5.41) is 0. The SMILES string of the molecule is CC1CN(CCOC(F)(F)F)CCC1Br. The molecule has 0 aromatic rings. The van der Waals surface area contributed by atoms with E-state index in [0.29, 0.717) is 17.3 Å². The fourth-order valence-electron chi connectivity index (χ4n) is 1.70. The van der Waals surface area contributed by atoms with Gasteiger partial charge in [-0.2, -0.15) is 0 Å². The van der Waals surface area contributed by atoms with E-state index in [9.17, 15) is 13.2 Å². The minimum Gasteiger partial charge on any atom is -0.301 e. The van der Waals surface area contributed by atoms with Crippen LogP contribution < -0.4 is 0 Å². The molecule has 90 valence electrons. The molecule has 1 saturated heterocycles. The number of rotatable bonds is 3. The summed E-state index contributed by atoms with van der Waals surface area (Å²) in [6, 6.07) is 0. The quantitative estimate of drug-likeness (QED) is 0.741. The summed E-state index contributed by atoms with van der Waals surface area (Å²) in [7, 11) is 0. The second kappa shape index (κ2) is 5.50. The van der Waals surface area contributed by atoms with Crippen molar-refractivity contribution in [3.63, 3.8) is 0 Å². The molecule has 2 nitrogen and oxygen atoms in total. The smallest absolute Gasteiger partial charge is 0.301 e. The number of nitrogens with zero attached hydrogens (tertiary/aromatic N) is 1. The summed E-state index contributed by atoms with van der Waals surface area (Å²) in [6.07, 6.45) is -3.52. The molecule has 1 aliphatic rings. The zero-order valence-corrected chi connectivity index (χ0v) is 10.1. The molecule has 2 atom stereocenters. The van der Waals surface area contributed by atoms with E-state index in [2.05, 4.69) is 27.6 Å². The van der Waals surface area contributed by atoms with Crippen molar-refractivity contribution in [1.82, 2.24) is 4.90 Å². The van der Waals surface area contributed by atoms with Crippen LogP contribution in [0.4, 0.5) is 13.2 Å². The van der Waals surface area contributed by atoms with Crippen LogP contribution in [0.15, 0.2) is 0 Å². The number of hydrogen-bond acceptors (Lipinski definition) is 2. The highest BCUT2D eigenvalue weighted by Crippen LogP contribution is 2.23. The van der Waals surface area contributed by atoms with E-state index in [1.165, 1.54) is 0 Å². The van der Waals surface area contributed by atoms with Gasteiger partial charge < -0.3 is 4.90 Å². The highest BCUT2D eigenvalue weighted by molar-refractivity contribution is 9.09. The van der Waals surface area contributed by atoms with Gasteiger partial charge in [-0.05, 0) is 18.9 Å². The van der Waals surface area contributed by atoms with Crippen LogP contribution >= 0.6 is 15.9 Å². The van der Waals surface area contributed by atoms with Crippen LogP contribution in [0.1, 0.15) is 13.3 Å². The van der Waals surface area contributed by atoms with Crippen molar-refractivity contribution in [3.05, 3.63) is 0 Å². The molecular formula is C9H15BrF3NO. The Hall–Kier alpha value is 0.190. The number of alkyl halides is 4. The molecule has 1 fully saturated rings. The Morgan fingerprint density at radius 1 is 1.47 bits per heavy atom. The summed E-state index contributed by atoms with van der Waals surface area (Å²) in [6.45, 7) is 3.83. The molecule has 0 N–H and O–H groups in total. The van der Waals surface area contributed by atoms with Crippen molar-refractivity contribution in [1.29, 1.82) is 0 Å². The maximum absolute atomic E-state index is 11.7. The minimum absolute atomic E-state index is 0.275. The molecule has 0 amide bonds. The van der Waals surface area contributed by atoms with Gasteiger partial charge in [-0.3, -0.25) is 4.74 Å². The summed E-state index contributed by atoms with van der Waals surface area (Å²) < 4.78 is 38.8. The van der Waals surface area contributed by atoms with E-state index in [-0.39, 0.29) is 6.61 Å². The highest BCUT2D eigenvalue weighted by Gasteiger charge is 2.30. The number of piperidine rings is 1. The Bertz CT molecular complexity index is 200. The summed E-state index contributed by atoms with van der Waals surface area (Å²) >= 11 is 3.54. The van der Waals surface area contributed by atoms with Gasteiger partial charge in [0.05, 0.1) is 6.61 Å². The standard InChI is InChI=1S/C9H15BrF3NO/c1-7-6-14(3-2-8(7)10)4-5-15-9(11,12)13/h7-8H,2-6H2,1H3. The molecule has 0 bridgehead atoms. The summed E-state index contributed by atoms with van der Waals surface area (Å²) in [5.74, 6) is 0.477. The van der Waals surface area contributed by atoms with Crippen molar-refractivity contribution < 1.29 is 17.9 Å². The van der Waals surface area contributed by atoms with Crippen LogP contribution in [0.3, 0.4) is 0 Å². The lowest BCUT2D eigenvalue weighted by Crippen LogP contribution is -2.41. The van der Waals surface area contributed by atoms with E-state index >= 15 is 0 Å². The lowest BCUT2D eigenvalue weighted by molar-refractivity contribution is -0.325. The topological polar surface area (TPSA) is 12.5 Å². The molecule has 1 aliphatic heterocycles. The van der Waals surface area contributed by atoms with Gasteiger partial charge in [0.1, 0.15) is 0 Å². The predicted octanol–water partition coefficient (Wildman–Crippen LogP) is 2.63. The Labute approximate surface area is 95.9 Å². The molecule has 1 heterocycles. The Kier molecular flexibility index (Phi) is 4.86. The Morgan fingerprint density at radius 2 is 2.13 bits per heavy atom. The van der Waals surface area contributed by atoms with Gasteiger partial charge in [-0.15, -0.1) is 13.2 Å². The highest BCUT2D eigenvalue weighted by atomic mass is 79.9. The maximum atomic E-state index is 11.7. The summed E-state index contributed by atoms with van der Waals surface area (Å²) in [4.78, 5) is 2.49. The third-order valence-corrected chi connectivity index (χ3v) is 3.92. The van der Waals surface area contributed by atoms with E-state index < -0.39 is 6.36 Å². The van der Waals surface area contributed by atoms with Gasteiger partial charge in [0, 0.05) is 17.9 Å². The first-order chi connectivity index (χ1) is 6.88. The Balaban J connectivity index is 2.17. The van der Waals surface area contributed by atoms with Gasteiger partial charge >= 0.3 is 6.36 Å². The molecule has 15 heavy (non-hydrogen) atoms. The number of hydrogen-bond donors (Lipinski definition) is 0. The average Bonchev–Trinajstić information content (AvgIpc) is 2.09. The minimum atomic E-state index is -4.50. The normalized spacial score (nSPS) is 29.4. The van der Waals surface area contributed by atoms with Crippen LogP contribution in [0.5, 0.6) is 0 Å². The molecule has 1 rings (SSSR count). The monoisotopic (exact) mass is 289 g/mol. The van der Waals surface area contributed by atoms with Gasteiger partial charge in [-0.25, -0.2) is 0 Å². The molecule has 0 saturated carbocycles. The third-order valence-electron chi connectivity index (χ3n) is 2.56. The first kappa shape index (κ1) is 13.3. The van der Waals surface area contributed by atoms with Gasteiger partial charge in [0.25, 0.3) is 0 Å². The summed E-state index contributed by atoms with van der Waals surface area (Å²) in [5.41, 5.74) is 0. The second-order valence-electron chi connectivity index (χ2n) is 3.88. The van der Waals surface area contributed by atoms with E-state index in [4.69, 9.17) is 0 Å². The maximum Gasteiger partial charge on any atom is 0.522 e. The van der Waals surface area contributed by atoms with Crippen LogP contribution in [-0.4, -0.2) is 42.3 Å². The Morgan fingerprint density at radius 3 is 2.67 bits per heavy atom. The third kappa shape index (κ3) is 5.17. The van der Waals surface area contributed by atoms with E-state index in [1.807, 2.05) is 4.90 Å². The molecule has 0 aliphatic carbocycles. The first-order valence-electron chi connectivity index (χ1n) is 4.95. The fourth-order valence-corrected chi connectivity index (χ4v) is 2.07. The molecule has 0 radical (unpaired) electrons. The predicted molar refractivity (Wildman–Crippen MR) is 54.9 cm³/mol. The van der Waals surface area contributed by atoms with E-state index in [1.54, 1.807) is 0 Å². The zero-order chi connectivity index (χ0) is 11.5. The lowest BCUT2D eigenvalue weighted by atomic mass is 10.0. The second-order valence-corrected chi connectivity index (χ2v) is 5.05. The molecule has 0 aromatic heterocycles. The molecule has 2 unspecified atom stereocenters. The number of halogens is 4. The first-order valence-corrected chi connectivity index (χ1v) is 5.87.